The molecule has 0 atom stereocenters. The van der Waals surface area contributed by atoms with Crippen LogP contribution in [0.25, 0.3) is 0 Å². The van der Waals surface area contributed by atoms with Gasteiger partial charge < -0.3 is 10.6 Å². The number of hydrogen-bond donors (Lipinski definition) is 1. The van der Waals surface area contributed by atoms with Crippen LogP contribution in [0.1, 0.15) is 16.6 Å². The third kappa shape index (κ3) is 2.29. The summed E-state index contributed by atoms with van der Waals surface area (Å²) in [6.45, 7) is 2.50. The normalized spacial score (nSPS) is 10.2. The van der Waals surface area contributed by atoms with Gasteiger partial charge in [-0.05, 0) is 19.1 Å². The molecule has 0 spiro atoms. The van der Waals surface area contributed by atoms with Gasteiger partial charge in [-0.3, -0.25) is 9.78 Å². The Bertz CT molecular complexity index is 510. The highest BCUT2D eigenvalue weighted by atomic mass is 32.1. The Morgan fingerprint density at radius 1 is 1.47 bits per heavy atom. The minimum atomic E-state index is -0.0621. The second kappa shape index (κ2) is 4.97. The highest BCUT2D eigenvalue weighted by molar-refractivity contribution is 7.11. The first-order valence-electron chi connectivity index (χ1n) is 5.29. The lowest BCUT2D eigenvalue weighted by Gasteiger charge is -2.21. The van der Waals surface area contributed by atoms with E-state index in [-0.39, 0.29) is 5.91 Å². The first-order chi connectivity index (χ1) is 8.24. The lowest BCUT2D eigenvalue weighted by molar-refractivity contribution is 0.0992. The predicted molar refractivity (Wildman–Crippen MR) is 70.3 cm³/mol. The largest absolute Gasteiger partial charge is 0.397 e. The van der Waals surface area contributed by atoms with Crippen LogP contribution in [0.5, 0.6) is 0 Å². The zero-order valence-corrected chi connectivity index (χ0v) is 10.3. The number of carbonyl (C=O) groups excluding carboxylic acids is 1. The van der Waals surface area contributed by atoms with Gasteiger partial charge in [0, 0.05) is 6.54 Å². The van der Waals surface area contributed by atoms with Gasteiger partial charge in [0.1, 0.15) is 4.88 Å². The van der Waals surface area contributed by atoms with Crippen molar-refractivity contribution < 1.29 is 4.79 Å². The van der Waals surface area contributed by atoms with Crippen LogP contribution in [-0.4, -0.2) is 17.4 Å². The molecule has 0 saturated carbocycles. The van der Waals surface area contributed by atoms with E-state index < -0.39 is 0 Å². The van der Waals surface area contributed by atoms with E-state index in [2.05, 4.69) is 4.98 Å². The minimum absolute atomic E-state index is 0.0621. The van der Waals surface area contributed by atoms with Crippen molar-refractivity contribution >= 4 is 28.6 Å². The molecule has 2 rings (SSSR count). The molecule has 2 N–H and O–H groups in total. The van der Waals surface area contributed by atoms with Crippen molar-refractivity contribution in [2.75, 3.05) is 17.2 Å². The molecule has 0 unspecified atom stereocenters. The van der Waals surface area contributed by atoms with Crippen LogP contribution in [0, 0.1) is 0 Å². The molecule has 1 amide bonds. The molecule has 0 saturated heterocycles. The van der Waals surface area contributed by atoms with Gasteiger partial charge in [-0.25, -0.2) is 0 Å². The molecule has 0 fully saturated rings. The number of benzene rings is 1. The van der Waals surface area contributed by atoms with Crippen molar-refractivity contribution in [2.45, 2.75) is 6.92 Å². The Morgan fingerprint density at radius 2 is 2.24 bits per heavy atom. The molecule has 4 nitrogen and oxygen atoms in total. The minimum Gasteiger partial charge on any atom is -0.397 e. The Hall–Kier alpha value is -1.88. The zero-order valence-electron chi connectivity index (χ0n) is 9.46. The Morgan fingerprint density at radius 3 is 2.82 bits per heavy atom. The summed E-state index contributed by atoms with van der Waals surface area (Å²) in [5.41, 5.74) is 8.88. The van der Waals surface area contributed by atoms with Gasteiger partial charge >= 0.3 is 0 Å². The molecule has 1 aromatic heterocycles. The summed E-state index contributed by atoms with van der Waals surface area (Å²) in [5, 5.41) is 0. The number of nitrogen functional groups attached to an aromatic ring is 1. The van der Waals surface area contributed by atoms with E-state index in [0.29, 0.717) is 17.1 Å². The molecule has 0 radical (unpaired) electrons. The van der Waals surface area contributed by atoms with Crippen LogP contribution in [0.4, 0.5) is 11.4 Å². The molecule has 0 aliphatic rings. The van der Waals surface area contributed by atoms with E-state index in [1.54, 1.807) is 22.7 Å². The number of nitrogens with zero attached hydrogens (tertiary/aromatic N) is 2. The molecule has 0 aliphatic heterocycles. The van der Waals surface area contributed by atoms with Crippen molar-refractivity contribution in [3.8, 4) is 0 Å². The van der Waals surface area contributed by atoms with Crippen molar-refractivity contribution in [1.29, 1.82) is 0 Å². The smallest absolute Gasteiger partial charge is 0.270 e. The van der Waals surface area contributed by atoms with E-state index in [1.165, 1.54) is 11.3 Å². The monoisotopic (exact) mass is 247 g/mol. The molecule has 17 heavy (non-hydrogen) atoms. The molecule has 0 aliphatic carbocycles. The van der Waals surface area contributed by atoms with Crippen molar-refractivity contribution in [3.05, 3.63) is 40.8 Å². The number of anilines is 2. The van der Waals surface area contributed by atoms with Crippen LogP contribution in [-0.2, 0) is 0 Å². The van der Waals surface area contributed by atoms with Gasteiger partial charge in [-0.1, -0.05) is 12.1 Å². The maximum Gasteiger partial charge on any atom is 0.270 e. The number of para-hydroxylation sites is 2. The van der Waals surface area contributed by atoms with Crippen LogP contribution < -0.4 is 10.6 Å². The van der Waals surface area contributed by atoms with E-state index in [9.17, 15) is 4.79 Å². The summed E-state index contributed by atoms with van der Waals surface area (Å²) in [5.74, 6) is -0.0621. The van der Waals surface area contributed by atoms with Crippen molar-refractivity contribution in [2.24, 2.45) is 0 Å². The molecular weight excluding hydrogens is 234 g/mol. The van der Waals surface area contributed by atoms with Crippen molar-refractivity contribution in [1.82, 2.24) is 4.98 Å². The third-order valence-corrected chi connectivity index (χ3v) is 3.19. The predicted octanol–water partition coefficient (Wildman–Crippen LogP) is 2.39. The van der Waals surface area contributed by atoms with E-state index in [4.69, 9.17) is 5.73 Å². The van der Waals surface area contributed by atoms with Gasteiger partial charge in [0.25, 0.3) is 5.91 Å². The summed E-state index contributed by atoms with van der Waals surface area (Å²) >= 11 is 1.33. The van der Waals surface area contributed by atoms with Crippen molar-refractivity contribution in [3.63, 3.8) is 0 Å². The SMILES string of the molecule is CCN(C(=O)c1cncs1)c1ccccc1N. The average molecular weight is 247 g/mol. The standard InChI is InChI=1S/C12H13N3OS/c1-2-15(10-6-4-3-5-9(10)13)12(16)11-7-14-8-17-11/h3-8H,2,13H2,1H3. The number of aromatic nitrogens is 1. The fourth-order valence-corrected chi connectivity index (χ4v) is 2.18. The lowest BCUT2D eigenvalue weighted by atomic mass is 10.2. The van der Waals surface area contributed by atoms with Gasteiger partial charge in [0.05, 0.1) is 23.1 Å². The topological polar surface area (TPSA) is 59.2 Å². The maximum atomic E-state index is 12.2. The Labute approximate surface area is 104 Å². The van der Waals surface area contributed by atoms with E-state index in [1.807, 2.05) is 25.1 Å². The second-order valence-electron chi connectivity index (χ2n) is 3.47. The van der Waals surface area contributed by atoms with E-state index >= 15 is 0 Å². The van der Waals surface area contributed by atoms with E-state index in [0.717, 1.165) is 5.69 Å². The number of nitrogens with two attached hydrogens (primary N) is 1. The average Bonchev–Trinajstić information content (AvgIpc) is 2.86. The van der Waals surface area contributed by atoms with Crippen LogP contribution >= 0.6 is 11.3 Å². The summed E-state index contributed by atoms with van der Waals surface area (Å²) in [6, 6.07) is 7.36. The lowest BCUT2D eigenvalue weighted by Crippen LogP contribution is -2.30. The molecule has 5 heteroatoms. The van der Waals surface area contributed by atoms with Crippen LogP contribution in [0.3, 0.4) is 0 Å². The molecule has 0 bridgehead atoms. The number of rotatable bonds is 3. The van der Waals surface area contributed by atoms with Gasteiger partial charge in [0.2, 0.25) is 0 Å². The Kier molecular flexibility index (Phi) is 3.39. The first kappa shape index (κ1) is 11.6. The summed E-state index contributed by atoms with van der Waals surface area (Å²) < 4.78 is 0. The third-order valence-electron chi connectivity index (χ3n) is 2.43. The first-order valence-corrected chi connectivity index (χ1v) is 6.17. The number of hydrogen-bond acceptors (Lipinski definition) is 4. The highest BCUT2D eigenvalue weighted by Gasteiger charge is 2.18. The molecule has 2 aromatic rings. The fraction of sp³-hybridized carbons (Fsp3) is 0.167. The maximum absolute atomic E-state index is 12.2. The second-order valence-corrected chi connectivity index (χ2v) is 4.36. The van der Waals surface area contributed by atoms with Gasteiger partial charge in [-0.15, -0.1) is 11.3 Å². The van der Waals surface area contributed by atoms with Gasteiger partial charge in [-0.2, -0.15) is 0 Å². The van der Waals surface area contributed by atoms with Gasteiger partial charge in [0.15, 0.2) is 0 Å². The summed E-state index contributed by atoms with van der Waals surface area (Å²) in [6.07, 6.45) is 1.58. The molecule has 88 valence electrons. The highest BCUT2D eigenvalue weighted by Crippen LogP contribution is 2.24. The zero-order chi connectivity index (χ0) is 12.3. The Balaban J connectivity index is 2.35. The molecule has 1 aromatic carbocycles. The molecular formula is C12H13N3OS. The van der Waals surface area contributed by atoms with Crippen LogP contribution in [0.15, 0.2) is 36.0 Å². The summed E-state index contributed by atoms with van der Waals surface area (Å²) in [7, 11) is 0. The number of thiazole rings is 1. The summed E-state index contributed by atoms with van der Waals surface area (Å²) in [4.78, 5) is 18.4. The van der Waals surface area contributed by atoms with Crippen LogP contribution in [0.2, 0.25) is 0 Å². The fourth-order valence-electron chi connectivity index (χ4n) is 1.61. The number of carbonyl (C=O) groups is 1. The molecule has 1 heterocycles. The quantitative estimate of drug-likeness (QED) is 0.847. The number of amides is 1.